The molecule has 0 aliphatic carbocycles. The highest BCUT2D eigenvalue weighted by Gasteiger charge is 2.11. The van der Waals surface area contributed by atoms with Gasteiger partial charge in [0, 0.05) is 6.42 Å². The number of nitrogens with one attached hydrogen (secondary N) is 1. The van der Waals surface area contributed by atoms with E-state index < -0.39 is 0 Å². The monoisotopic (exact) mass is 262 g/mol. The van der Waals surface area contributed by atoms with Crippen molar-refractivity contribution in [2.24, 2.45) is 0 Å². The quantitative estimate of drug-likeness (QED) is 0.899. The maximum atomic E-state index is 11.6. The number of para-hydroxylation sites is 1. The number of carbonyl (C=O) groups is 1. The van der Waals surface area contributed by atoms with Crippen LogP contribution in [0, 0.1) is 0 Å². The third-order valence-corrected chi connectivity index (χ3v) is 3.73. The fourth-order valence-corrected chi connectivity index (χ4v) is 2.81. The van der Waals surface area contributed by atoms with Crippen LogP contribution in [0.25, 0.3) is 10.2 Å². The molecule has 2 aromatic rings. The fraction of sp³-hybridized carbons (Fsp3) is 0.429. The highest BCUT2D eigenvalue weighted by atomic mass is 32.1. The zero-order valence-electron chi connectivity index (χ0n) is 11.0. The molecule has 18 heavy (non-hydrogen) atoms. The maximum absolute atomic E-state index is 11.6. The smallest absolute Gasteiger partial charge is 0.226 e. The van der Waals surface area contributed by atoms with Crippen molar-refractivity contribution < 1.29 is 4.79 Å². The molecule has 96 valence electrons. The van der Waals surface area contributed by atoms with Crippen molar-refractivity contribution in [2.75, 3.05) is 5.32 Å². The lowest BCUT2D eigenvalue weighted by molar-refractivity contribution is -0.116. The third kappa shape index (κ3) is 2.70. The Kier molecular flexibility index (Phi) is 3.97. The van der Waals surface area contributed by atoms with Crippen molar-refractivity contribution in [2.45, 2.75) is 39.5 Å². The molecule has 0 unspecified atom stereocenters. The van der Waals surface area contributed by atoms with Crippen LogP contribution in [0.2, 0.25) is 0 Å². The number of aromatic nitrogens is 1. The van der Waals surface area contributed by atoms with Crippen LogP contribution in [0.3, 0.4) is 0 Å². The van der Waals surface area contributed by atoms with Crippen LogP contribution in [-0.4, -0.2) is 10.9 Å². The third-order valence-electron chi connectivity index (χ3n) is 2.80. The largest absolute Gasteiger partial charge is 0.302 e. The van der Waals surface area contributed by atoms with Crippen LogP contribution in [0.4, 0.5) is 5.13 Å². The fourth-order valence-electron chi connectivity index (χ4n) is 1.90. The van der Waals surface area contributed by atoms with Gasteiger partial charge < -0.3 is 5.32 Å². The molecule has 0 saturated carbocycles. The van der Waals surface area contributed by atoms with Gasteiger partial charge in [0.15, 0.2) is 5.13 Å². The second-order valence-corrected chi connectivity index (χ2v) is 5.70. The van der Waals surface area contributed by atoms with Crippen molar-refractivity contribution in [1.29, 1.82) is 0 Å². The first kappa shape index (κ1) is 13.0. The molecular formula is C14H18N2OS. The number of hydrogen-bond donors (Lipinski definition) is 1. The molecule has 0 spiro atoms. The molecule has 0 atom stereocenters. The van der Waals surface area contributed by atoms with Crippen LogP contribution in [0.1, 0.15) is 45.1 Å². The average Bonchev–Trinajstić information content (AvgIpc) is 2.70. The predicted molar refractivity (Wildman–Crippen MR) is 77.2 cm³/mol. The molecule has 0 aliphatic rings. The van der Waals surface area contributed by atoms with E-state index in [1.807, 2.05) is 19.1 Å². The minimum atomic E-state index is 0.0441. The molecule has 3 nitrogen and oxygen atoms in total. The summed E-state index contributed by atoms with van der Waals surface area (Å²) in [7, 11) is 0. The average molecular weight is 262 g/mol. The highest BCUT2D eigenvalue weighted by Crippen LogP contribution is 2.31. The van der Waals surface area contributed by atoms with Gasteiger partial charge in [0.05, 0.1) is 10.2 Å². The van der Waals surface area contributed by atoms with Gasteiger partial charge in [0.25, 0.3) is 0 Å². The number of rotatable bonds is 4. The standard InChI is InChI=1S/C14H18N2OS/c1-4-6-12(17)15-14-16-13-10(9(2)3)7-5-8-11(13)18-14/h5,7-9H,4,6H2,1-3H3,(H,15,16,17). The summed E-state index contributed by atoms with van der Waals surface area (Å²) in [5.74, 6) is 0.484. The molecule has 2 rings (SSSR count). The van der Waals surface area contributed by atoms with E-state index in [0.717, 1.165) is 16.6 Å². The molecule has 0 saturated heterocycles. The van der Waals surface area contributed by atoms with E-state index in [9.17, 15) is 4.79 Å². The SMILES string of the molecule is CCCC(=O)Nc1nc2c(C(C)C)cccc2s1. The number of amides is 1. The zero-order valence-corrected chi connectivity index (χ0v) is 11.8. The first-order valence-corrected chi connectivity index (χ1v) is 7.12. The van der Waals surface area contributed by atoms with Crippen LogP contribution in [-0.2, 0) is 4.79 Å². The summed E-state index contributed by atoms with van der Waals surface area (Å²) in [6, 6.07) is 6.20. The summed E-state index contributed by atoms with van der Waals surface area (Å²) in [6.45, 7) is 6.31. The van der Waals surface area contributed by atoms with E-state index in [2.05, 4.69) is 30.2 Å². The molecule has 1 heterocycles. The van der Waals surface area contributed by atoms with Crippen LogP contribution in [0.5, 0.6) is 0 Å². The number of carbonyl (C=O) groups excluding carboxylic acids is 1. The Morgan fingerprint density at radius 3 is 2.89 bits per heavy atom. The van der Waals surface area contributed by atoms with E-state index in [0.29, 0.717) is 17.5 Å². The van der Waals surface area contributed by atoms with E-state index in [1.54, 1.807) is 0 Å². The molecule has 0 radical (unpaired) electrons. The maximum Gasteiger partial charge on any atom is 0.226 e. The van der Waals surface area contributed by atoms with Crippen molar-refractivity contribution >= 4 is 32.6 Å². The summed E-state index contributed by atoms with van der Waals surface area (Å²) in [5.41, 5.74) is 2.25. The molecule has 1 N–H and O–H groups in total. The Morgan fingerprint density at radius 1 is 1.44 bits per heavy atom. The topological polar surface area (TPSA) is 42.0 Å². The summed E-state index contributed by atoms with van der Waals surface area (Å²) in [4.78, 5) is 16.1. The van der Waals surface area contributed by atoms with Gasteiger partial charge in [0.1, 0.15) is 0 Å². The molecule has 0 fully saturated rings. The Balaban J connectivity index is 2.32. The minimum absolute atomic E-state index is 0.0441. The number of thiazole rings is 1. The van der Waals surface area contributed by atoms with E-state index in [-0.39, 0.29) is 5.91 Å². The van der Waals surface area contributed by atoms with Crippen molar-refractivity contribution in [3.8, 4) is 0 Å². The first-order valence-electron chi connectivity index (χ1n) is 6.31. The number of hydrogen-bond acceptors (Lipinski definition) is 3. The van der Waals surface area contributed by atoms with Gasteiger partial charge in [-0.15, -0.1) is 0 Å². The zero-order chi connectivity index (χ0) is 13.1. The molecular weight excluding hydrogens is 244 g/mol. The van der Waals surface area contributed by atoms with Gasteiger partial charge in [0.2, 0.25) is 5.91 Å². The normalized spacial score (nSPS) is 11.1. The van der Waals surface area contributed by atoms with Gasteiger partial charge in [-0.1, -0.05) is 44.2 Å². The molecule has 1 aromatic heterocycles. The van der Waals surface area contributed by atoms with Gasteiger partial charge in [-0.25, -0.2) is 4.98 Å². The van der Waals surface area contributed by atoms with E-state index in [4.69, 9.17) is 0 Å². The Labute approximate surface area is 111 Å². The number of nitrogens with zero attached hydrogens (tertiary/aromatic N) is 1. The Morgan fingerprint density at radius 2 is 2.22 bits per heavy atom. The Hall–Kier alpha value is -1.42. The molecule has 1 aromatic carbocycles. The van der Waals surface area contributed by atoms with Crippen molar-refractivity contribution in [1.82, 2.24) is 4.98 Å². The summed E-state index contributed by atoms with van der Waals surface area (Å²) >= 11 is 1.54. The molecule has 0 aliphatic heterocycles. The minimum Gasteiger partial charge on any atom is -0.302 e. The summed E-state index contributed by atoms with van der Waals surface area (Å²) < 4.78 is 1.13. The Bertz CT molecular complexity index is 560. The van der Waals surface area contributed by atoms with Crippen LogP contribution >= 0.6 is 11.3 Å². The highest BCUT2D eigenvalue weighted by molar-refractivity contribution is 7.22. The molecule has 1 amide bonds. The lowest BCUT2D eigenvalue weighted by atomic mass is 10.0. The van der Waals surface area contributed by atoms with Crippen LogP contribution in [0.15, 0.2) is 18.2 Å². The predicted octanol–water partition coefficient (Wildman–Crippen LogP) is 4.16. The van der Waals surface area contributed by atoms with Gasteiger partial charge in [-0.05, 0) is 24.0 Å². The van der Waals surface area contributed by atoms with E-state index >= 15 is 0 Å². The van der Waals surface area contributed by atoms with Crippen molar-refractivity contribution in [3.63, 3.8) is 0 Å². The lowest BCUT2D eigenvalue weighted by Gasteiger charge is -2.04. The second-order valence-electron chi connectivity index (χ2n) is 4.67. The summed E-state index contributed by atoms with van der Waals surface area (Å²) in [5, 5.41) is 3.57. The van der Waals surface area contributed by atoms with Gasteiger partial charge >= 0.3 is 0 Å². The van der Waals surface area contributed by atoms with Gasteiger partial charge in [-0.2, -0.15) is 0 Å². The van der Waals surface area contributed by atoms with Gasteiger partial charge in [-0.3, -0.25) is 4.79 Å². The number of anilines is 1. The molecule has 0 bridgehead atoms. The lowest BCUT2D eigenvalue weighted by Crippen LogP contribution is -2.10. The van der Waals surface area contributed by atoms with Crippen molar-refractivity contribution in [3.05, 3.63) is 23.8 Å². The second kappa shape index (κ2) is 5.48. The summed E-state index contributed by atoms with van der Waals surface area (Å²) in [6.07, 6.45) is 1.40. The number of fused-ring (bicyclic) bond motifs is 1. The van der Waals surface area contributed by atoms with E-state index in [1.165, 1.54) is 16.9 Å². The van der Waals surface area contributed by atoms with Crippen LogP contribution < -0.4 is 5.32 Å². The molecule has 4 heteroatoms. The first-order chi connectivity index (χ1) is 8.61. The number of benzene rings is 1.